The maximum atomic E-state index is 5.50. The van der Waals surface area contributed by atoms with Crippen molar-refractivity contribution in [3.63, 3.8) is 0 Å². The second kappa shape index (κ2) is 5.23. The number of nitrogens with two attached hydrogens (primary N) is 1. The van der Waals surface area contributed by atoms with E-state index in [-0.39, 0.29) is 0 Å². The van der Waals surface area contributed by atoms with Crippen LogP contribution in [0.4, 0.5) is 5.13 Å². The van der Waals surface area contributed by atoms with Gasteiger partial charge in [0, 0.05) is 12.4 Å². The number of hydrogen-bond acceptors (Lipinski definition) is 4. The Labute approximate surface area is 97.6 Å². The number of pyridine rings is 1. The number of benzene rings is 1. The third-order valence-corrected chi connectivity index (χ3v) is 2.74. The molecule has 16 heavy (non-hydrogen) atoms. The van der Waals surface area contributed by atoms with Gasteiger partial charge in [0.25, 0.3) is 0 Å². The summed E-state index contributed by atoms with van der Waals surface area (Å²) in [6.45, 7) is 0. The van der Waals surface area contributed by atoms with Crippen molar-refractivity contribution in [2.45, 2.75) is 0 Å². The number of hydrogen-bond donors (Lipinski definition) is 1. The minimum Gasteiger partial charge on any atom is -0.375 e. The fourth-order valence-corrected chi connectivity index (χ4v) is 1.94. The van der Waals surface area contributed by atoms with Gasteiger partial charge in [0.1, 0.15) is 0 Å². The summed E-state index contributed by atoms with van der Waals surface area (Å²) in [7, 11) is 0. The molecule has 3 aromatic rings. The Balaban J connectivity index is 0.000000138. The van der Waals surface area contributed by atoms with Gasteiger partial charge in [0.2, 0.25) is 0 Å². The van der Waals surface area contributed by atoms with Crippen molar-refractivity contribution in [1.29, 1.82) is 0 Å². The highest BCUT2D eigenvalue weighted by atomic mass is 32.1. The summed E-state index contributed by atoms with van der Waals surface area (Å²) in [5, 5.41) is 0.640. The van der Waals surface area contributed by atoms with E-state index in [1.807, 2.05) is 42.5 Å². The first-order valence-electron chi connectivity index (χ1n) is 4.82. The van der Waals surface area contributed by atoms with E-state index in [1.165, 1.54) is 11.3 Å². The van der Waals surface area contributed by atoms with E-state index >= 15 is 0 Å². The number of nitrogen functional groups attached to an aromatic ring is 1. The first-order valence-corrected chi connectivity index (χ1v) is 5.64. The molecule has 4 heteroatoms. The highest BCUT2D eigenvalue weighted by Crippen LogP contribution is 2.22. The van der Waals surface area contributed by atoms with Gasteiger partial charge < -0.3 is 5.73 Å². The summed E-state index contributed by atoms with van der Waals surface area (Å²) in [6.07, 6.45) is 3.50. The minimum atomic E-state index is 0.640. The second-order valence-corrected chi connectivity index (χ2v) is 4.11. The first-order chi connectivity index (χ1) is 7.86. The Kier molecular flexibility index (Phi) is 3.46. The molecule has 0 radical (unpaired) electrons. The number of nitrogens with zero attached hydrogens (tertiary/aromatic N) is 2. The fraction of sp³-hybridized carbons (Fsp3) is 0. The molecule has 2 N–H and O–H groups in total. The van der Waals surface area contributed by atoms with E-state index < -0.39 is 0 Å². The van der Waals surface area contributed by atoms with Gasteiger partial charge in [0.05, 0.1) is 10.2 Å². The fourth-order valence-electron chi connectivity index (χ4n) is 1.20. The van der Waals surface area contributed by atoms with Crippen LogP contribution in [-0.2, 0) is 0 Å². The van der Waals surface area contributed by atoms with Crippen molar-refractivity contribution in [2.24, 2.45) is 0 Å². The van der Waals surface area contributed by atoms with Crippen molar-refractivity contribution in [2.75, 3.05) is 5.73 Å². The molecule has 3 rings (SSSR count). The van der Waals surface area contributed by atoms with Crippen LogP contribution < -0.4 is 5.73 Å². The summed E-state index contributed by atoms with van der Waals surface area (Å²) in [6, 6.07) is 13.6. The Bertz CT molecular complexity index is 489. The average Bonchev–Trinajstić information content (AvgIpc) is 2.72. The quantitative estimate of drug-likeness (QED) is 0.644. The lowest BCUT2D eigenvalue weighted by molar-refractivity contribution is 1.33. The molecule has 0 aliphatic carbocycles. The Morgan fingerprint density at radius 3 is 2.25 bits per heavy atom. The predicted molar refractivity (Wildman–Crippen MR) is 68.3 cm³/mol. The summed E-state index contributed by atoms with van der Waals surface area (Å²) in [5.41, 5.74) is 6.49. The molecule has 0 bridgehead atoms. The smallest absolute Gasteiger partial charge is 0.181 e. The zero-order valence-corrected chi connectivity index (χ0v) is 9.39. The molecule has 1 aromatic carbocycles. The molecule has 0 spiro atoms. The molecule has 0 unspecified atom stereocenters. The van der Waals surface area contributed by atoms with Gasteiger partial charge in [-0.3, -0.25) is 4.98 Å². The minimum absolute atomic E-state index is 0.640. The van der Waals surface area contributed by atoms with Crippen molar-refractivity contribution in [3.05, 3.63) is 54.9 Å². The van der Waals surface area contributed by atoms with Crippen LogP contribution in [0.3, 0.4) is 0 Å². The van der Waals surface area contributed by atoms with Crippen molar-refractivity contribution in [3.8, 4) is 0 Å². The Morgan fingerprint density at radius 2 is 1.69 bits per heavy atom. The normalized spacial score (nSPS) is 9.50. The Hall–Kier alpha value is -1.94. The van der Waals surface area contributed by atoms with E-state index in [4.69, 9.17) is 5.73 Å². The summed E-state index contributed by atoms with van der Waals surface area (Å²) in [5.74, 6) is 0. The van der Waals surface area contributed by atoms with Gasteiger partial charge in [-0.1, -0.05) is 29.5 Å². The second-order valence-electron chi connectivity index (χ2n) is 3.04. The molecule has 0 atom stereocenters. The predicted octanol–water partition coefficient (Wildman–Crippen LogP) is 2.96. The monoisotopic (exact) mass is 229 g/mol. The van der Waals surface area contributed by atoms with Gasteiger partial charge in [-0.2, -0.15) is 0 Å². The molecule has 0 saturated heterocycles. The number of fused-ring (bicyclic) bond motifs is 1. The van der Waals surface area contributed by atoms with E-state index in [1.54, 1.807) is 12.4 Å². The maximum Gasteiger partial charge on any atom is 0.181 e. The van der Waals surface area contributed by atoms with E-state index in [0.717, 1.165) is 10.2 Å². The number of rotatable bonds is 0. The molecule has 3 nitrogen and oxygen atoms in total. The third-order valence-electron chi connectivity index (χ3n) is 1.88. The van der Waals surface area contributed by atoms with E-state index in [2.05, 4.69) is 9.97 Å². The number of anilines is 1. The molecule has 0 aliphatic rings. The Morgan fingerprint density at radius 1 is 0.938 bits per heavy atom. The van der Waals surface area contributed by atoms with Crippen LogP contribution in [-0.4, -0.2) is 9.97 Å². The maximum absolute atomic E-state index is 5.50. The lowest BCUT2D eigenvalue weighted by Crippen LogP contribution is -1.78. The van der Waals surface area contributed by atoms with Gasteiger partial charge in [-0.25, -0.2) is 4.98 Å². The molecule has 0 fully saturated rings. The van der Waals surface area contributed by atoms with Crippen LogP contribution in [0.2, 0.25) is 0 Å². The standard InChI is InChI=1S/C7H6N2S.C5H5N/c8-7-9-5-3-1-2-4-6(5)10-7;1-2-4-6-5-3-1/h1-4H,(H2,8,9);1-5H. The van der Waals surface area contributed by atoms with Crippen LogP contribution in [0, 0.1) is 0 Å². The van der Waals surface area contributed by atoms with Gasteiger partial charge in [0.15, 0.2) is 5.13 Å². The zero-order valence-electron chi connectivity index (χ0n) is 8.58. The molecule has 0 amide bonds. The van der Waals surface area contributed by atoms with Crippen LogP contribution in [0.5, 0.6) is 0 Å². The van der Waals surface area contributed by atoms with Crippen LogP contribution >= 0.6 is 11.3 Å². The van der Waals surface area contributed by atoms with Crippen molar-refractivity contribution < 1.29 is 0 Å². The SMILES string of the molecule is Nc1nc2ccccc2s1.c1ccncc1. The highest BCUT2D eigenvalue weighted by Gasteiger charge is 1.96. The first kappa shape index (κ1) is 10.6. The topological polar surface area (TPSA) is 51.8 Å². The lowest BCUT2D eigenvalue weighted by atomic mass is 10.3. The largest absolute Gasteiger partial charge is 0.375 e. The number of thiazole rings is 1. The van der Waals surface area contributed by atoms with Crippen molar-refractivity contribution in [1.82, 2.24) is 9.97 Å². The number of aromatic nitrogens is 2. The molecule has 2 aromatic heterocycles. The van der Waals surface area contributed by atoms with Crippen LogP contribution in [0.1, 0.15) is 0 Å². The molecular weight excluding hydrogens is 218 g/mol. The highest BCUT2D eigenvalue weighted by molar-refractivity contribution is 7.22. The summed E-state index contributed by atoms with van der Waals surface area (Å²) >= 11 is 1.52. The van der Waals surface area contributed by atoms with Gasteiger partial charge in [-0.15, -0.1) is 0 Å². The van der Waals surface area contributed by atoms with Crippen molar-refractivity contribution >= 4 is 26.7 Å². The lowest BCUT2D eigenvalue weighted by Gasteiger charge is -1.80. The van der Waals surface area contributed by atoms with Crippen LogP contribution in [0.25, 0.3) is 10.2 Å². The molecule has 2 heterocycles. The molecular formula is C12H11N3S. The van der Waals surface area contributed by atoms with Gasteiger partial charge >= 0.3 is 0 Å². The number of para-hydroxylation sites is 1. The third kappa shape index (κ3) is 2.77. The molecule has 0 aliphatic heterocycles. The summed E-state index contributed by atoms with van der Waals surface area (Å²) in [4.78, 5) is 7.89. The molecule has 0 saturated carbocycles. The zero-order chi connectivity index (χ0) is 11.2. The molecule has 80 valence electrons. The average molecular weight is 229 g/mol. The van der Waals surface area contributed by atoms with E-state index in [0.29, 0.717) is 5.13 Å². The summed E-state index contributed by atoms with van der Waals surface area (Å²) < 4.78 is 1.15. The van der Waals surface area contributed by atoms with E-state index in [9.17, 15) is 0 Å². The van der Waals surface area contributed by atoms with Crippen LogP contribution in [0.15, 0.2) is 54.9 Å². The van der Waals surface area contributed by atoms with Gasteiger partial charge in [-0.05, 0) is 24.3 Å².